The van der Waals surface area contributed by atoms with Crippen molar-refractivity contribution in [3.8, 4) is 0 Å². The number of ether oxygens (including phenoxy) is 1. The number of oxazole rings is 1. The highest BCUT2D eigenvalue weighted by Crippen LogP contribution is 2.32. The Hall–Kier alpha value is -1.39. The van der Waals surface area contributed by atoms with Gasteiger partial charge in [0.15, 0.2) is 5.58 Å². The third kappa shape index (κ3) is 1.19. The van der Waals surface area contributed by atoms with E-state index in [4.69, 9.17) is 14.9 Å². The van der Waals surface area contributed by atoms with Gasteiger partial charge in [0.2, 0.25) is 5.89 Å². The maximum absolute atomic E-state index is 5.74. The van der Waals surface area contributed by atoms with Crippen LogP contribution in [0, 0.1) is 0 Å². The Morgan fingerprint density at radius 1 is 1.33 bits per heavy atom. The van der Waals surface area contributed by atoms with Crippen LogP contribution in [0.1, 0.15) is 5.89 Å². The van der Waals surface area contributed by atoms with Gasteiger partial charge in [0.25, 0.3) is 0 Å². The molecule has 1 fully saturated rings. The van der Waals surface area contributed by atoms with Gasteiger partial charge in [-0.1, -0.05) is 12.1 Å². The third-order valence-corrected chi connectivity index (χ3v) is 2.90. The van der Waals surface area contributed by atoms with Gasteiger partial charge < -0.3 is 14.9 Å². The number of aromatic nitrogens is 1. The second-order valence-corrected chi connectivity index (χ2v) is 3.96. The molecule has 0 aliphatic carbocycles. The molecule has 4 heteroatoms. The molecular formula is C11H12N2O2. The molecule has 1 saturated heterocycles. The van der Waals surface area contributed by atoms with E-state index in [1.165, 1.54) is 0 Å². The van der Waals surface area contributed by atoms with Crippen LogP contribution in [0.5, 0.6) is 0 Å². The van der Waals surface area contributed by atoms with Gasteiger partial charge >= 0.3 is 0 Å². The number of nitrogens with two attached hydrogens (primary N) is 1. The van der Waals surface area contributed by atoms with Crippen LogP contribution >= 0.6 is 0 Å². The van der Waals surface area contributed by atoms with Gasteiger partial charge in [-0.05, 0) is 12.1 Å². The van der Waals surface area contributed by atoms with Gasteiger partial charge in [0.05, 0.1) is 13.2 Å². The summed E-state index contributed by atoms with van der Waals surface area (Å²) in [7, 11) is 0. The van der Waals surface area contributed by atoms with Crippen molar-refractivity contribution in [2.75, 3.05) is 19.8 Å². The molecule has 0 radical (unpaired) electrons. The highest BCUT2D eigenvalue weighted by Gasteiger charge is 2.43. The fraction of sp³-hybridized carbons (Fsp3) is 0.364. The first kappa shape index (κ1) is 8.88. The summed E-state index contributed by atoms with van der Waals surface area (Å²) in [6, 6.07) is 7.73. The highest BCUT2D eigenvalue weighted by molar-refractivity contribution is 5.72. The normalized spacial score (nSPS) is 19.0. The second-order valence-electron chi connectivity index (χ2n) is 3.96. The average molecular weight is 204 g/mol. The first-order valence-electron chi connectivity index (χ1n) is 4.98. The minimum absolute atomic E-state index is 0.195. The molecule has 0 saturated carbocycles. The number of para-hydroxylation sites is 2. The van der Waals surface area contributed by atoms with E-state index >= 15 is 0 Å². The maximum Gasteiger partial charge on any atom is 0.207 e. The summed E-state index contributed by atoms with van der Waals surface area (Å²) in [6.07, 6.45) is 0. The predicted octanol–water partition coefficient (Wildman–Crippen LogP) is 1.05. The summed E-state index contributed by atoms with van der Waals surface area (Å²) in [5, 5.41) is 0. The van der Waals surface area contributed by atoms with Gasteiger partial charge in [0, 0.05) is 6.54 Å². The molecule has 0 bridgehead atoms. The molecule has 0 atom stereocenters. The topological polar surface area (TPSA) is 61.3 Å². The fourth-order valence-corrected chi connectivity index (χ4v) is 1.78. The van der Waals surface area contributed by atoms with Crippen LogP contribution in [0.3, 0.4) is 0 Å². The molecule has 2 N–H and O–H groups in total. The summed E-state index contributed by atoms with van der Waals surface area (Å²) in [4.78, 5) is 4.45. The van der Waals surface area contributed by atoms with Crippen LogP contribution in [0.2, 0.25) is 0 Å². The fourth-order valence-electron chi connectivity index (χ4n) is 1.78. The van der Waals surface area contributed by atoms with Crippen LogP contribution < -0.4 is 5.73 Å². The van der Waals surface area contributed by atoms with Crippen LogP contribution in [0.4, 0.5) is 0 Å². The lowest BCUT2D eigenvalue weighted by Crippen LogP contribution is -2.52. The molecule has 1 aromatic heterocycles. The Kier molecular flexibility index (Phi) is 1.81. The van der Waals surface area contributed by atoms with Crippen LogP contribution in [-0.2, 0) is 10.2 Å². The number of hydrogen-bond donors (Lipinski definition) is 1. The number of nitrogens with zero attached hydrogens (tertiary/aromatic N) is 1. The quantitative estimate of drug-likeness (QED) is 0.794. The summed E-state index contributed by atoms with van der Waals surface area (Å²) in [6.45, 7) is 1.73. The lowest BCUT2D eigenvalue weighted by Gasteiger charge is -2.37. The van der Waals surface area contributed by atoms with Crippen molar-refractivity contribution in [1.29, 1.82) is 0 Å². The number of rotatable bonds is 2. The summed E-state index contributed by atoms with van der Waals surface area (Å²) in [5.41, 5.74) is 7.24. The number of hydrogen-bond acceptors (Lipinski definition) is 4. The second kappa shape index (κ2) is 3.05. The van der Waals surface area contributed by atoms with Crippen molar-refractivity contribution in [3.63, 3.8) is 0 Å². The molecule has 78 valence electrons. The zero-order chi connectivity index (χ0) is 10.3. The third-order valence-electron chi connectivity index (χ3n) is 2.90. The van der Waals surface area contributed by atoms with E-state index in [1.54, 1.807) is 0 Å². The van der Waals surface area contributed by atoms with Crippen molar-refractivity contribution < 1.29 is 9.15 Å². The lowest BCUT2D eigenvalue weighted by atomic mass is 9.86. The first-order chi connectivity index (χ1) is 7.34. The van der Waals surface area contributed by atoms with Crippen LogP contribution in [-0.4, -0.2) is 24.7 Å². The van der Waals surface area contributed by atoms with E-state index in [2.05, 4.69) is 4.98 Å². The minimum Gasteiger partial charge on any atom is -0.440 e. The Morgan fingerprint density at radius 3 is 2.73 bits per heavy atom. The molecule has 1 aliphatic heterocycles. The van der Waals surface area contributed by atoms with Gasteiger partial charge in [-0.25, -0.2) is 4.98 Å². The maximum atomic E-state index is 5.74. The summed E-state index contributed by atoms with van der Waals surface area (Å²) < 4.78 is 10.9. The van der Waals surface area contributed by atoms with E-state index < -0.39 is 0 Å². The molecule has 0 spiro atoms. The Bertz CT molecular complexity index is 450. The van der Waals surface area contributed by atoms with Gasteiger partial charge in [0.1, 0.15) is 10.9 Å². The molecule has 0 amide bonds. The van der Waals surface area contributed by atoms with Crippen molar-refractivity contribution in [1.82, 2.24) is 4.98 Å². The van der Waals surface area contributed by atoms with Crippen LogP contribution in [0.15, 0.2) is 28.7 Å². The van der Waals surface area contributed by atoms with E-state index in [-0.39, 0.29) is 5.41 Å². The largest absolute Gasteiger partial charge is 0.440 e. The zero-order valence-corrected chi connectivity index (χ0v) is 8.27. The van der Waals surface area contributed by atoms with Crippen LogP contribution in [0.25, 0.3) is 11.1 Å². The lowest BCUT2D eigenvalue weighted by molar-refractivity contribution is -0.0668. The van der Waals surface area contributed by atoms with Gasteiger partial charge in [-0.3, -0.25) is 0 Å². The molecular weight excluding hydrogens is 192 g/mol. The molecule has 2 aromatic rings. The zero-order valence-electron chi connectivity index (χ0n) is 8.27. The molecule has 0 unspecified atom stereocenters. The Labute approximate surface area is 87.0 Å². The Morgan fingerprint density at radius 2 is 2.13 bits per heavy atom. The Balaban J connectivity index is 2.11. The van der Waals surface area contributed by atoms with E-state index in [0.29, 0.717) is 25.6 Å². The van der Waals surface area contributed by atoms with E-state index in [1.807, 2.05) is 24.3 Å². The monoisotopic (exact) mass is 204 g/mol. The molecule has 3 rings (SSSR count). The SMILES string of the molecule is NCC1(c2nc3ccccc3o2)COC1. The molecule has 15 heavy (non-hydrogen) atoms. The van der Waals surface area contributed by atoms with Crippen molar-refractivity contribution >= 4 is 11.1 Å². The number of benzene rings is 1. The van der Waals surface area contributed by atoms with Gasteiger partial charge in [-0.15, -0.1) is 0 Å². The van der Waals surface area contributed by atoms with E-state index in [0.717, 1.165) is 11.1 Å². The average Bonchev–Trinajstić information content (AvgIpc) is 2.60. The summed E-state index contributed by atoms with van der Waals surface area (Å²) in [5.74, 6) is 0.706. The smallest absolute Gasteiger partial charge is 0.207 e. The molecule has 1 aliphatic rings. The standard InChI is InChI=1S/C11H12N2O2/c12-5-11(6-14-7-11)10-13-8-3-1-2-4-9(8)15-10/h1-4H,5-7,12H2. The van der Waals surface area contributed by atoms with Crippen molar-refractivity contribution in [3.05, 3.63) is 30.2 Å². The van der Waals surface area contributed by atoms with Gasteiger partial charge in [-0.2, -0.15) is 0 Å². The van der Waals surface area contributed by atoms with Crippen molar-refractivity contribution in [2.24, 2.45) is 5.73 Å². The molecule has 4 nitrogen and oxygen atoms in total. The van der Waals surface area contributed by atoms with Crippen molar-refractivity contribution in [2.45, 2.75) is 5.41 Å². The highest BCUT2D eigenvalue weighted by atomic mass is 16.5. The molecule has 2 heterocycles. The van der Waals surface area contributed by atoms with E-state index in [9.17, 15) is 0 Å². The summed E-state index contributed by atoms with van der Waals surface area (Å²) >= 11 is 0. The minimum atomic E-state index is -0.195. The first-order valence-corrected chi connectivity index (χ1v) is 4.98. The predicted molar refractivity (Wildman–Crippen MR) is 55.6 cm³/mol. The molecule has 1 aromatic carbocycles. The number of fused-ring (bicyclic) bond motifs is 1.